The molecule has 1 unspecified atom stereocenters. The van der Waals surface area contributed by atoms with Crippen LogP contribution in [0, 0.1) is 18.3 Å². The van der Waals surface area contributed by atoms with Gasteiger partial charge in [0, 0.05) is 17.6 Å². The first-order chi connectivity index (χ1) is 10.4. The molecule has 22 heavy (non-hydrogen) atoms. The molecule has 0 aromatic heterocycles. The van der Waals surface area contributed by atoms with Gasteiger partial charge in [0.1, 0.15) is 0 Å². The lowest BCUT2D eigenvalue weighted by molar-refractivity contribution is -0.139. The number of aryl methyl sites for hydroxylation is 1. The Kier molecular flexibility index (Phi) is 4.02. The van der Waals surface area contributed by atoms with Crippen LogP contribution in [0.5, 0.6) is 0 Å². The number of carboxylic acid groups (broad SMARTS) is 1. The molecule has 1 saturated heterocycles. The standard InChI is InChI=1S/C17H20BrNO3/c1-11-8-13(18)3-2-12(11)9-15(20)19-6-4-17(5-7-19)10-14(17)16(21)22/h2-3,8,14H,4-7,9-10H2,1H3,(H,21,22). The first kappa shape index (κ1) is 15.5. The Balaban J connectivity index is 1.57. The fourth-order valence-corrected chi connectivity index (χ4v) is 4.06. The largest absolute Gasteiger partial charge is 0.481 e. The molecule has 1 aliphatic heterocycles. The number of aliphatic carboxylic acids is 1. The van der Waals surface area contributed by atoms with E-state index >= 15 is 0 Å². The molecule has 1 spiro atoms. The lowest BCUT2D eigenvalue weighted by Crippen LogP contribution is -2.40. The molecule has 1 aromatic carbocycles. The number of nitrogens with zero attached hydrogens (tertiary/aromatic N) is 1. The highest BCUT2D eigenvalue weighted by Crippen LogP contribution is 2.59. The Morgan fingerprint density at radius 3 is 2.59 bits per heavy atom. The molecule has 2 aliphatic rings. The molecular formula is C17H20BrNO3. The molecule has 5 heteroatoms. The van der Waals surface area contributed by atoms with E-state index in [2.05, 4.69) is 15.9 Å². The van der Waals surface area contributed by atoms with Crippen molar-refractivity contribution in [3.8, 4) is 0 Å². The Morgan fingerprint density at radius 1 is 1.36 bits per heavy atom. The summed E-state index contributed by atoms with van der Waals surface area (Å²) in [5.41, 5.74) is 2.16. The van der Waals surface area contributed by atoms with Crippen LogP contribution >= 0.6 is 15.9 Å². The van der Waals surface area contributed by atoms with Gasteiger partial charge in [0.25, 0.3) is 0 Å². The number of amides is 1. The second-order valence-corrected chi connectivity index (χ2v) is 7.50. The Hall–Kier alpha value is -1.36. The molecule has 0 bridgehead atoms. The van der Waals surface area contributed by atoms with Crippen molar-refractivity contribution in [3.05, 3.63) is 33.8 Å². The van der Waals surface area contributed by atoms with Gasteiger partial charge in [-0.2, -0.15) is 0 Å². The molecule has 1 atom stereocenters. The summed E-state index contributed by atoms with van der Waals surface area (Å²) in [5.74, 6) is -0.712. The van der Waals surface area contributed by atoms with E-state index in [1.807, 2.05) is 30.0 Å². The third kappa shape index (κ3) is 2.91. The summed E-state index contributed by atoms with van der Waals surface area (Å²) in [6.45, 7) is 3.40. The van der Waals surface area contributed by atoms with Gasteiger partial charge in [0.15, 0.2) is 0 Å². The Bertz CT molecular complexity index is 620. The summed E-state index contributed by atoms with van der Waals surface area (Å²) in [4.78, 5) is 25.4. The van der Waals surface area contributed by atoms with Crippen molar-refractivity contribution in [2.75, 3.05) is 13.1 Å². The number of likely N-dealkylation sites (tertiary alicyclic amines) is 1. The maximum atomic E-state index is 12.4. The van der Waals surface area contributed by atoms with Crippen molar-refractivity contribution in [3.63, 3.8) is 0 Å². The van der Waals surface area contributed by atoms with Crippen LogP contribution in [0.4, 0.5) is 0 Å². The average molecular weight is 366 g/mol. The number of piperidine rings is 1. The van der Waals surface area contributed by atoms with Gasteiger partial charge < -0.3 is 10.0 Å². The Morgan fingerprint density at radius 2 is 2.05 bits per heavy atom. The summed E-state index contributed by atoms with van der Waals surface area (Å²) >= 11 is 3.43. The van der Waals surface area contributed by atoms with Gasteiger partial charge in [-0.15, -0.1) is 0 Å². The molecule has 1 amide bonds. The molecule has 1 saturated carbocycles. The van der Waals surface area contributed by atoms with E-state index < -0.39 is 5.97 Å². The molecule has 0 radical (unpaired) electrons. The number of carbonyl (C=O) groups excluding carboxylic acids is 1. The fourth-order valence-electron chi connectivity index (χ4n) is 3.58. The lowest BCUT2D eigenvalue weighted by atomic mass is 9.90. The minimum Gasteiger partial charge on any atom is -0.481 e. The number of halogens is 1. The van der Waals surface area contributed by atoms with Gasteiger partial charge >= 0.3 is 5.97 Å². The van der Waals surface area contributed by atoms with E-state index in [0.717, 1.165) is 34.9 Å². The van der Waals surface area contributed by atoms with E-state index in [1.165, 1.54) is 0 Å². The van der Waals surface area contributed by atoms with Crippen molar-refractivity contribution in [2.45, 2.75) is 32.6 Å². The molecule has 4 nitrogen and oxygen atoms in total. The van der Waals surface area contributed by atoms with Crippen LogP contribution in [0.1, 0.15) is 30.4 Å². The molecule has 1 N–H and O–H groups in total. The summed E-state index contributed by atoms with van der Waals surface area (Å²) in [6.07, 6.45) is 2.87. The lowest BCUT2D eigenvalue weighted by Gasteiger charge is -2.32. The second kappa shape index (κ2) is 5.69. The van der Waals surface area contributed by atoms with Gasteiger partial charge in [0.05, 0.1) is 12.3 Å². The molecule has 2 fully saturated rings. The number of hydrogen-bond donors (Lipinski definition) is 1. The highest BCUT2D eigenvalue weighted by molar-refractivity contribution is 9.10. The zero-order chi connectivity index (χ0) is 15.9. The van der Waals surface area contributed by atoms with E-state index in [0.29, 0.717) is 19.5 Å². The van der Waals surface area contributed by atoms with Crippen molar-refractivity contribution >= 4 is 27.8 Å². The van der Waals surface area contributed by atoms with Crippen LogP contribution in [-0.2, 0) is 16.0 Å². The Labute approximate surface area is 138 Å². The maximum absolute atomic E-state index is 12.4. The van der Waals surface area contributed by atoms with Gasteiger partial charge in [0.2, 0.25) is 5.91 Å². The predicted octanol–water partition coefficient (Wildman–Crippen LogP) is 3.01. The molecular weight excluding hydrogens is 346 g/mol. The van der Waals surface area contributed by atoms with Crippen molar-refractivity contribution in [1.82, 2.24) is 4.90 Å². The summed E-state index contributed by atoms with van der Waals surface area (Å²) in [5, 5.41) is 9.11. The van der Waals surface area contributed by atoms with Crippen molar-refractivity contribution in [2.24, 2.45) is 11.3 Å². The minimum atomic E-state index is -0.676. The summed E-state index contributed by atoms with van der Waals surface area (Å²) < 4.78 is 1.02. The van der Waals surface area contributed by atoms with E-state index in [4.69, 9.17) is 5.11 Å². The molecule has 3 rings (SSSR count). The maximum Gasteiger partial charge on any atom is 0.307 e. The monoisotopic (exact) mass is 365 g/mol. The number of rotatable bonds is 3. The van der Waals surface area contributed by atoms with Crippen LogP contribution < -0.4 is 0 Å². The fraction of sp³-hybridized carbons (Fsp3) is 0.529. The zero-order valence-electron chi connectivity index (χ0n) is 12.6. The van der Waals surface area contributed by atoms with Crippen LogP contribution in [0.2, 0.25) is 0 Å². The predicted molar refractivity (Wildman–Crippen MR) is 86.6 cm³/mol. The molecule has 1 aliphatic carbocycles. The normalized spacial score (nSPS) is 22.6. The van der Waals surface area contributed by atoms with Crippen LogP contribution in [0.15, 0.2) is 22.7 Å². The molecule has 1 heterocycles. The van der Waals surface area contributed by atoms with Crippen LogP contribution in [0.3, 0.4) is 0 Å². The van der Waals surface area contributed by atoms with E-state index in [1.54, 1.807) is 0 Å². The average Bonchev–Trinajstić information content (AvgIpc) is 3.17. The number of carboxylic acids is 1. The number of carbonyl (C=O) groups is 2. The van der Waals surface area contributed by atoms with E-state index in [-0.39, 0.29) is 17.2 Å². The van der Waals surface area contributed by atoms with Gasteiger partial charge in [-0.05, 0) is 54.9 Å². The first-order valence-corrected chi connectivity index (χ1v) is 8.46. The van der Waals surface area contributed by atoms with Crippen LogP contribution in [0.25, 0.3) is 0 Å². The van der Waals surface area contributed by atoms with Crippen molar-refractivity contribution in [1.29, 1.82) is 0 Å². The second-order valence-electron chi connectivity index (χ2n) is 6.59. The topological polar surface area (TPSA) is 57.6 Å². The summed E-state index contributed by atoms with van der Waals surface area (Å²) in [7, 11) is 0. The third-order valence-corrected chi connectivity index (χ3v) is 5.74. The highest BCUT2D eigenvalue weighted by atomic mass is 79.9. The number of hydrogen-bond acceptors (Lipinski definition) is 2. The highest BCUT2D eigenvalue weighted by Gasteiger charge is 2.59. The van der Waals surface area contributed by atoms with Gasteiger partial charge in [-0.25, -0.2) is 0 Å². The first-order valence-electron chi connectivity index (χ1n) is 7.67. The third-order valence-electron chi connectivity index (χ3n) is 5.25. The number of benzene rings is 1. The quantitative estimate of drug-likeness (QED) is 0.895. The SMILES string of the molecule is Cc1cc(Br)ccc1CC(=O)N1CCC2(CC1)CC2C(=O)O. The van der Waals surface area contributed by atoms with Gasteiger partial charge in [-0.3, -0.25) is 9.59 Å². The minimum absolute atomic E-state index is 0.0177. The summed E-state index contributed by atoms with van der Waals surface area (Å²) in [6, 6.07) is 5.97. The molecule has 118 valence electrons. The van der Waals surface area contributed by atoms with E-state index in [9.17, 15) is 9.59 Å². The molecule has 1 aromatic rings. The smallest absolute Gasteiger partial charge is 0.307 e. The van der Waals surface area contributed by atoms with Crippen LogP contribution in [-0.4, -0.2) is 35.0 Å². The van der Waals surface area contributed by atoms with Crippen molar-refractivity contribution < 1.29 is 14.7 Å². The van der Waals surface area contributed by atoms with Gasteiger partial charge in [-0.1, -0.05) is 22.0 Å². The zero-order valence-corrected chi connectivity index (χ0v) is 14.2.